The highest BCUT2D eigenvalue weighted by molar-refractivity contribution is 6.20. The summed E-state index contributed by atoms with van der Waals surface area (Å²) in [6.07, 6.45) is 0. The molecule has 0 aliphatic heterocycles. The molecule has 0 bridgehead atoms. The Morgan fingerprint density at radius 2 is 1.04 bits per heavy atom. The van der Waals surface area contributed by atoms with Crippen LogP contribution in [0.3, 0.4) is 0 Å². The molecule has 1 heterocycles. The molecule has 0 radical (unpaired) electrons. The Balaban J connectivity index is 1.25. The van der Waals surface area contributed by atoms with E-state index in [0.29, 0.717) is 0 Å². The third kappa shape index (κ3) is 3.85. The van der Waals surface area contributed by atoms with E-state index in [1.54, 1.807) is 0 Å². The Morgan fingerprint density at radius 1 is 0.417 bits per heavy atom. The molecule has 48 heavy (non-hydrogen) atoms. The molecule has 0 saturated carbocycles. The molecule has 1 aliphatic carbocycles. The van der Waals surface area contributed by atoms with Crippen molar-refractivity contribution in [1.82, 2.24) is 4.57 Å². The van der Waals surface area contributed by atoms with Gasteiger partial charge in [-0.25, -0.2) is 0 Å². The fraction of sp³-hybridized carbons (Fsp3) is 0.0638. The average Bonchev–Trinajstić information content (AvgIpc) is 3.60. The summed E-state index contributed by atoms with van der Waals surface area (Å²) in [5.41, 5.74) is 14.0. The second-order valence-corrected chi connectivity index (χ2v) is 13.8. The Bertz CT molecular complexity index is 2730. The maximum absolute atomic E-state index is 2.49. The number of rotatable bonds is 3. The maximum atomic E-state index is 2.49. The number of hydrogen-bond acceptors (Lipinski definition) is 0. The largest absolute Gasteiger partial charge is 0.309 e. The van der Waals surface area contributed by atoms with Crippen molar-refractivity contribution < 1.29 is 0 Å². The van der Waals surface area contributed by atoms with Crippen molar-refractivity contribution in [3.8, 4) is 39.1 Å². The smallest absolute Gasteiger partial charge is 0.0619 e. The van der Waals surface area contributed by atoms with Crippen LogP contribution in [0.25, 0.3) is 82.4 Å². The van der Waals surface area contributed by atoms with Crippen molar-refractivity contribution >= 4 is 43.4 Å². The van der Waals surface area contributed by atoms with E-state index in [0.717, 1.165) is 0 Å². The van der Waals surface area contributed by atoms with Gasteiger partial charge in [0.2, 0.25) is 0 Å². The van der Waals surface area contributed by atoms with Gasteiger partial charge in [-0.15, -0.1) is 0 Å². The summed E-state index contributed by atoms with van der Waals surface area (Å²) in [5.74, 6) is 0. The van der Waals surface area contributed by atoms with Gasteiger partial charge in [0.1, 0.15) is 0 Å². The molecule has 0 unspecified atom stereocenters. The van der Waals surface area contributed by atoms with Gasteiger partial charge < -0.3 is 4.57 Å². The quantitative estimate of drug-likeness (QED) is 0.187. The monoisotopic (exact) mass is 611 g/mol. The van der Waals surface area contributed by atoms with Gasteiger partial charge in [0.25, 0.3) is 0 Å². The third-order valence-electron chi connectivity index (χ3n) is 10.8. The second kappa shape index (κ2) is 10.0. The first kappa shape index (κ1) is 27.2. The van der Waals surface area contributed by atoms with Gasteiger partial charge in [-0.2, -0.15) is 0 Å². The molecular weight excluding hydrogens is 579 g/mol. The molecule has 0 amide bonds. The zero-order chi connectivity index (χ0) is 32.0. The molecule has 9 aromatic rings. The van der Waals surface area contributed by atoms with Gasteiger partial charge in [-0.05, 0) is 91.0 Å². The Morgan fingerprint density at radius 3 is 1.90 bits per heavy atom. The third-order valence-corrected chi connectivity index (χ3v) is 10.8. The van der Waals surface area contributed by atoms with E-state index in [4.69, 9.17) is 0 Å². The lowest BCUT2D eigenvalue weighted by Gasteiger charge is -2.23. The van der Waals surface area contributed by atoms with E-state index in [-0.39, 0.29) is 5.41 Å². The van der Waals surface area contributed by atoms with Crippen molar-refractivity contribution in [2.75, 3.05) is 0 Å². The zero-order valence-corrected chi connectivity index (χ0v) is 27.0. The topological polar surface area (TPSA) is 4.93 Å². The Labute approximate surface area is 280 Å². The van der Waals surface area contributed by atoms with Crippen LogP contribution in [0.2, 0.25) is 0 Å². The standard InChI is InChI=1S/C47H33N/c1-47(2)43-15-9-8-14-37(43)38-23-25-40-39(45(38)47)24-26-41-42-29-35(34-17-16-31-12-6-7-13-33(31)28-34)20-27-44(42)48(46(40)41)36-21-18-32(19-22-36)30-10-4-3-5-11-30/h3-29H,1-2H3. The van der Waals surface area contributed by atoms with Crippen LogP contribution in [0.4, 0.5) is 0 Å². The lowest BCUT2D eigenvalue weighted by molar-refractivity contribution is 0.666. The predicted molar refractivity (Wildman–Crippen MR) is 204 cm³/mol. The van der Waals surface area contributed by atoms with Crippen molar-refractivity contribution in [1.29, 1.82) is 0 Å². The second-order valence-electron chi connectivity index (χ2n) is 13.8. The summed E-state index contributed by atoms with van der Waals surface area (Å²) in [7, 11) is 0. The SMILES string of the molecule is CC1(C)c2ccccc2-c2ccc3c(ccc4c5cc(-c6ccc7ccccc7c6)ccc5n(-c5ccc(-c6ccccc6)cc5)c34)c21. The van der Waals surface area contributed by atoms with Gasteiger partial charge in [0.05, 0.1) is 11.0 Å². The van der Waals surface area contributed by atoms with Crippen LogP contribution < -0.4 is 0 Å². The molecule has 0 atom stereocenters. The van der Waals surface area contributed by atoms with Crippen LogP contribution in [0, 0.1) is 0 Å². The Kier molecular flexibility index (Phi) is 5.69. The number of fused-ring (bicyclic) bond motifs is 10. The highest BCUT2D eigenvalue weighted by Gasteiger charge is 2.37. The van der Waals surface area contributed by atoms with Crippen molar-refractivity contribution in [3.05, 3.63) is 175 Å². The van der Waals surface area contributed by atoms with Gasteiger partial charge in [-0.3, -0.25) is 0 Å². The van der Waals surface area contributed by atoms with E-state index in [1.807, 2.05) is 0 Å². The molecular formula is C47H33N. The van der Waals surface area contributed by atoms with Crippen LogP contribution in [0.1, 0.15) is 25.0 Å². The molecule has 8 aromatic carbocycles. The van der Waals surface area contributed by atoms with Crippen LogP contribution in [-0.2, 0) is 5.41 Å². The highest BCUT2D eigenvalue weighted by atomic mass is 15.0. The maximum Gasteiger partial charge on any atom is 0.0619 e. The van der Waals surface area contributed by atoms with E-state index in [1.165, 1.54) is 93.5 Å². The molecule has 0 fully saturated rings. The summed E-state index contributed by atoms with van der Waals surface area (Å²) in [6.45, 7) is 4.77. The summed E-state index contributed by atoms with van der Waals surface area (Å²) < 4.78 is 2.49. The molecule has 0 spiro atoms. The van der Waals surface area contributed by atoms with E-state index in [9.17, 15) is 0 Å². The number of aromatic nitrogens is 1. The average molecular weight is 612 g/mol. The van der Waals surface area contributed by atoms with E-state index >= 15 is 0 Å². The summed E-state index contributed by atoms with van der Waals surface area (Å²) in [4.78, 5) is 0. The van der Waals surface area contributed by atoms with Crippen molar-refractivity contribution in [2.45, 2.75) is 19.3 Å². The molecule has 10 rings (SSSR count). The molecule has 0 saturated heterocycles. The Hall–Kier alpha value is -5.92. The van der Waals surface area contributed by atoms with Gasteiger partial charge in [-0.1, -0.05) is 147 Å². The van der Waals surface area contributed by atoms with Gasteiger partial charge in [0.15, 0.2) is 0 Å². The van der Waals surface area contributed by atoms with Gasteiger partial charge in [0, 0.05) is 27.3 Å². The zero-order valence-electron chi connectivity index (χ0n) is 27.0. The normalized spacial score (nSPS) is 13.4. The molecule has 226 valence electrons. The minimum absolute atomic E-state index is 0.0868. The molecule has 1 aromatic heterocycles. The first-order valence-corrected chi connectivity index (χ1v) is 16.9. The fourth-order valence-electron chi connectivity index (χ4n) is 8.46. The fourth-order valence-corrected chi connectivity index (χ4v) is 8.46. The minimum Gasteiger partial charge on any atom is -0.309 e. The molecule has 0 N–H and O–H groups in total. The molecule has 1 heteroatoms. The van der Waals surface area contributed by atoms with Gasteiger partial charge >= 0.3 is 0 Å². The first-order chi connectivity index (χ1) is 23.6. The number of hydrogen-bond donors (Lipinski definition) is 0. The van der Waals surface area contributed by atoms with Crippen molar-refractivity contribution in [2.24, 2.45) is 0 Å². The lowest BCUT2D eigenvalue weighted by atomic mass is 9.80. The first-order valence-electron chi connectivity index (χ1n) is 16.9. The predicted octanol–water partition coefficient (Wildman–Crippen LogP) is 12.7. The summed E-state index contributed by atoms with van der Waals surface area (Å²) in [5, 5.41) is 7.71. The summed E-state index contributed by atoms with van der Waals surface area (Å²) >= 11 is 0. The molecule has 1 nitrogen and oxygen atoms in total. The van der Waals surface area contributed by atoms with E-state index < -0.39 is 0 Å². The minimum atomic E-state index is -0.0868. The lowest BCUT2D eigenvalue weighted by Crippen LogP contribution is -2.15. The highest BCUT2D eigenvalue weighted by Crippen LogP contribution is 2.52. The van der Waals surface area contributed by atoms with Crippen LogP contribution in [-0.4, -0.2) is 4.57 Å². The molecule has 1 aliphatic rings. The van der Waals surface area contributed by atoms with Crippen LogP contribution >= 0.6 is 0 Å². The van der Waals surface area contributed by atoms with Crippen LogP contribution in [0.5, 0.6) is 0 Å². The van der Waals surface area contributed by atoms with Crippen LogP contribution in [0.15, 0.2) is 164 Å². The number of nitrogens with zero attached hydrogens (tertiary/aromatic N) is 1. The van der Waals surface area contributed by atoms with E-state index in [2.05, 4.69) is 182 Å². The summed E-state index contributed by atoms with van der Waals surface area (Å²) in [6, 6.07) is 60.6. The number of benzene rings is 8. The van der Waals surface area contributed by atoms with Crippen molar-refractivity contribution in [3.63, 3.8) is 0 Å².